The first-order valence-corrected chi connectivity index (χ1v) is 11.7. The van der Waals surface area contributed by atoms with E-state index in [4.69, 9.17) is 20.0 Å². The van der Waals surface area contributed by atoms with Crippen LogP contribution >= 0.6 is 0 Å². The summed E-state index contributed by atoms with van der Waals surface area (Å²) < 4.78 is 0. The summed E-state index contributed by atoms with van der Waals surface area (Å²) >= 11 is 0. The van der Waals surface area contributed by atoms with E-state index in [9.17, 15) is 0 Å². The maximum absolute atomic E-state index is 5.24. The van der Waals surface area contributed by atoms with Crippen molar-refractivity contribution >= 4 is 45.3 Å². The van der Waals surface area contributed by atoms with Crippen LogP contribution in [0.1, 0.15) is 39.1 Å². The van der Waals surface area contributed by atoms with E-state index in [1.807, 2.05) is 36.7 Å². The average molecular weight is 638 g/mol. The second-order valence-corrected chi connectivity index (χ2v) is 10.2. The van der Waals surface area contributed by atoms with Gasteiger partial charge in [0.05, 0.1) is 11.4 Å². The quantitative estimate of drug-likeness (QED) is 0.180. The van der Waals surface area contributed by atoms with E-state index in [-0.39, 0.29) is 31.9 Å². The van der Waals surface area contributed by atoms with Crippen molar-refractivity contribution in [2.75, 3.05) is 0 Å². The number of aliphatic imine (C=N–C) groups is 2. The SMILES string of the molecule is CC1(C)C=Nc2ccccc2N=CC(C)(C)c2[n-]c(c3ccccc23)-c2[n-]c1c1ccccc21.[Pt+2]. The molecule has 0 saturated heterocycles. The molecule has 1 aliphatic rings. The van der Waals surface area contributed by atoms with Gasteiger partial charge in [0.2, 0.25) is 0 Å². The largest absolute Gasteiger partial charge is 2.00 e. The van der Waals surface area contributed by atoms with E-state index in [2.05, 4.69) is 76.2 Å². The molecule has 0 amide bonds. The molecule has 1 aliphatic heterocycles. The zero-order chi connectivity index (χ0) is 23.5. The van der Waals surface area contributed by atoms with Crippen molar-refractivity contribution in [1.29, 1.82) is 0 Å². The minimum Gasteiger partial charge on any atom is -0.661 e. The molecule has 176 valence electrons. The van der Waals surface area contributed by atoms with Crippen molar-refractivity contribution in [2.24, 2.45) is 9.98 Å². The van der Waals surface area contributed by atoms with Crippen LogP contribution in [-0.2, 0) is 31.9 Å². The summed E-state index contributed by atoms with van der Waals surface area (Å²) in [6.07, 6.45) is 4.00. The Bertz CT molecular complexity index is 1490. The summed E-state index contributed by atoms with van der Waals surface area (Å²) in [5.74, 6) is 0. The number of hydrogen-bond acceptors (Lipinski definition) is 2. The molecule has 3 aromatic carbocycles. The molecule has 0 spiro atoms. The second kappa shape index (κ2) is 8.46. The molecule has 0 N–H and O–H groups in total. The van der Waals surface area contributed by atoms with Gasteiger partial charge in [-0.15, -0.1) is 22.8 Å². The minimum atomic E-state index is -0.386. The molecule has 5 heteroatoms. The van der Waals surface area contributed by atoms with E-state index in [1.165, 1.54) is 0 Å². The molecule has 4 bridgehead atoms. The minimum absolute atomic E-state index is 0. The van der Waals surface area contributed by atoms with E-state index < -0.39 is 0 Å². The first-order valence-electron chi connectivity index (χ1n) is 11.7. The molecule has 4 nitrogen and oxygen atoms in total. The topological polar surface area (TPSA) is 52.9 Å². The summed E-state index contributed by atoms with van der Waals surface area (Å²) in [5.41, 5.74) is 4.79. The Morgan fingerprint density at radius 1 is 0.514 bits per heavy atom. The van der Waals surface area contributed by atoms with Crippen LogP contribution in [-0.4, -0.2) is 12.4 Å². The van der Waals surface area contributed by atoms with Gasteiger partial charge in [-0.2, -0.15) is 0 Å². The van der Waals surface area contributed by atoms with Gasteiger partial charge in [-0.05, 0) is 33.7 Å². The van der Waals surface area contributed by atoms with Gasteiger partial charge in [0, 0.05) is 23.3 Å². The fraction of sp³-hybridized carbons (Fsp3) is 0.200. The van der Waals surface area contributed by atoms with E-state index in [0.717, 1.165) is 55.7 Å². The normalized spacial score (nSPS) is 16.0. The smallest absolute Gasteiger partial charge is 0.661 e. The van der Waals surface area contributed by atoms with Gasteiger partial charge < -0.3 is 9.97 Å². The van der Waals surface area contributed by atoms with Crippen LogP contribution in [0.5, 0.6) is 0 Å². The monoisotopic (exact) mass is 637 g/mol. The average Bonchev–Trinajstić information content (AvgIpc) is 3.41. The zero-order valence-electron chi connectivity index (χ0n) is 20.2. The van der Waals surface area contributed by atoms with Crippen molar-refractivity contribution in [3.8, 4) is 11.4 Å². The molecule has 0 unspecified atom stereocenters. The predicted octanol–water partition coefficient (Wildman–Crippen LogP) is 7.25. The first kappa shape index (κ1) is 23.5. The molecule has 5 aromatic rings. The van der Waals surface area contributed by atoms with Crippen LogP contribution in [0.3, 0.4) is 0 Å². The number of para-hydroxylation sites is 2. The molecule has 0 radical (unpaired) electrons. The third kappa shape index (κ3) is 3.81. The Labute approximate surface area is 219 Å². The predicted molar refractivity (Wildman–Crippen MR) is 142 cm³/mol. The van der Waals surface area contributed by atoms with Crippen LogP contribution in [0, 0.1) is 0 Å². The first-order chi connectivity index (χ1) is 16.4. The van der Waals surface area contributed by atoms with E-state index in [1.54, 1.807) is 0 Å². The van der Waals surface area contributed by atoms with Crippen molar-refractivity contribution in [2.45, 2.75) is 38.5 Å². The third-order valence-corrected chi connectivity index (χ3v) is 6.70. The summed E-state index contributed by atoms with van der Waals surface area (Å²) in [6.45, 7) is 8.66. The number of aromatic nitrogens is 2. The van der Waals surface area contributed by atoms with Gasteiger partial charge in [-0.1, -0.05) is 88.4 Å². The third-order valence-electron chi connectivity index (χ3n) is 6.70. The standard InChI is InChI=1S/C30H26N4.Pt/c1-29(2)17-31-23-15-9-10-16-24(23)32-18-30(3,4)28-22-14-8-6-12-20(22)26(34-28)25-19-11-5-7-13-21(19)27(29)33-25;/h5-18H,1-4H3;/q-2;+2. The van der Waals surface area contributed by atoms with Crippen LogP contribution in [0.15, 0.2) is 82.8 Å². The maximum Gasteiger partial charge on any atom is 2.00 e. The second-order valence-electron chi connectivity index (χ2n) is 10.2. The van der Waals surface area contributed by atoms with Crippen molar-refractivity contribution in [1.82, 2.24) is 9.97 Å². The molecule has 0 atom stereocenters. The van der Waals surface area contributed by atoms with E-state index >= 15 is 0 Å². The van der Waals surface area contributed by atoms with Gasteiger partial charge >= 0.3 is 21.1 Å². The molecule has 35 heavy (non-hydrogen) atoms. The zero-order valence-corrected chi connectivity index (χ0v) is 22.5. The van der Waals surface area contributed by atoms with Gasteiger partial charge in [-0.3, -0.25) is 9.98 Å². The van der Waals surface area contributed by atoms with Crippen molar-refractivity contribution in [3.05, 3.63) is 84.2 Å². The van der Waals surface area contributed by atoms with Gasteiger partial charge in [0.25, 0.3) is 0 Å². The van der Waals surface area contributed by atoms with Gasteiger partial charge in [0.15, 0.2) is 0 Å². The van der Waals surface area contributed by atoms with Gasteiger partial charge in [0.1, 0.15) is 0 Å². The van der Waals surface area contributed by atoms with E-state index in [0.29, 0.717) is 0 Å². The molecule has 0 fully saturated rings. The Kier molecular flexibility index (Phi) is 5.68. The summed E-state index contributed by atoms with van der Waals surface area (Å²) in [5, 5.41) is 4.52. The summed E-state index contributed by atoms with van der Waals surface area (Å²) in [4.78, 5) is 20.3. The summed E-state index contributed by atoms with van der Waals surface area (Å²) in [6, 6.07) is 24.9. The van der Waals surface area contributed by atoms with Crippen LogP contribution in [0.4, 0.5) is 11.4 Å². The molecule has 3 heterocycles. The van der Waals surface area contributed by atoms with Crippen LogP contribution in [0.25, 0.3) is 32.9 Å². The molecule has 6 rings (SSSR count). The Morgan fingerprint density at radius 3 is 1.26 bits per heavy atom. The van der Waals surface area contributed by atoms with Crippen LogP contribution in [0.2, 0.25) is 0 Å². The van der Waals surface area contributed by atoms with Gasteiger partial charge in [-0.25, -0.2) is 0 Å². The molecular formula is C30H26N4Pt. The molecular weight excluding hydrogens is 611 g/mol. The van der Waals surface area contributed by atoms with Crippen LogP contribution < -0.4 is 9.97 Å². The number of nitrogens with zero attached hydrogens (tertiary/aromatic N) is 4. The van der Waals surface area contributed by atoms with Crippen molar-refractivity contribution in [3.63, 3.8) is 0 Å². The maximum atomic E-state index is 5.24. The number of rotatable bonds is 0. The number of benzene rings is 3. The molecule has 0 saturated carbocycles. The van der Waals surface area contributed by atoms with Crippen molar-refractivity contribution < 1.29 is 21.1 Å². The summed E-state index contributed by atoms with van der Waals surface area (Å²) in [7, 11) is 0. The number of fused-ring (bicyclic) bond motifs is 12. The fourth-order valence-electron chi connectivity index (χ4n) is 4.87. The Hall–Kier alpha value is -3.23. The molecule has 0 aliphatic carbocycles. The molecule has 2 aromatic heterocycles. The number of hydrogen-bond donors (Lipinski definition) is 0. The Balaban J connectivity index is 0.00000253. The fourth-order valence-corrected chi connectivity index (χ4v) is 4.87. The Morgan fingerprint density at radius 2 is 0.857 bits per heavy atom.